The van der Waals surface area contributed by atoms with Crippen LogP contribution in [0.15, 0.2) is 11.4 Å². The minimum absolute atomic E-state index is 0.733. The van der Waals surface area contributed by atoms with Crippen LogP contribution in [-0.2, 0) is 0 Å². The van der Waals surface area contributed by atoms with Crippen LogP contribution in [0.25, 0.3) is 0 Å². The smallest absolute Gasteiger partial charge is 0.160 e. The summed E-state index contributed by atoms with van der Waals surface area (Å²) in [5, 5.41) is 2.12. The first-order valence-corrected chi connectivity index (χ1v) is 7.27. The number of hydrogen-bond donors (Lipinski definition) is 0. The van der Waals surface area contributed by atoms with Crippen LogP contribution in [0, 0.1) is 0 Å². The maximum atomic E-state index is 10.7. The number of aldehydes is 1. The number of carbonyl (C=O) groups excluding carboxylic acids is 1. The molecule has 1 unspecified atom stereocenters. The highest BCUT2D eigenvalue weighted by molar-refractivity contribution is 7.12. The van der Waals surface area contributed by atoms with Crippen LogP contribution >= 0.6 is 11.3 Å². The third-order valence-electron chi connectivity index (χ3n) is 3.89. The summed E-state index contributed by atoms with van der Waals surface area (Å²) in [7, 11) is 0. The monoisotopic (exact) mass is 250 g/mol. The summed E-state index contributed by atoms with van der Waals surface area (Å²) in [6, 6.07) is 2.76. The maximum Gasteiger partial charge on any atom is 0.160 e. The third kappa shape index (κ3) is 2.24. The summed E-state index contributed by atoms with van der Waals surface area (Å²) < 4.78 is 0. The lowest BCUT2D eigenvalue weighted by atomic mass is 10.2. The van der Waals surface area contributed by atoms with E-state index in [0.29, 0.717) is 0 Å². The normalized spacial score (nSPS) is 25.6. The molecule has 0 bridgehead atoms. The van der Waals surface area contributed by atoms with Gasteiger partial charge in [-0.1, -0.05) is 0 Å². The Kier molecular flexibility index (Phi) is 3.16. The summed E-state index contributed by atoms with van der Waals surface area (Å²) in [4.78, 5) is 16.7. The Hall–Kier alpha value is -0.870. The molecule has 2 aliphatic rings. The van der Waals surface area contributed by atoms with Crippen molar-refractivity contribution < 1.29 is 4.79 Å². The minimum atomic E-state index is 0.733. The van der Waals surface area contributed by atoms with E-state index < -0.39 is 0 Å². The van der Waals surface area contributed by atoms with Gasteiger partial charge < -0.3 is 4.90 Å². The number of fused-ring (bicyclic) bond motifs is 1. The lowest BCUT2D eigenvalue weighted by molar-refractivity contribution is 0.112. The molecule has 0 aromatic carbocycles. The van der Waals surface area contributed by atoms with Crippen LogP contribution in [0.4, 0.5) is 5.69 Å². The zero-order chi connectivity index (χ0) is 11.7. The number of rotatable bonds is 2. The molecule has 0 spiro atoms. The molecule has 4 heteroatoms. The van der Waals surface area contributed by atoms with Gasteiger partial charge in [-0.2, -0.15) is 0 Å². The molecule has 92 valence electrons. The van der Waals surface area contributed by atoms with Gasteiger partial charge in [0.05, 0.1) is 4.88 Å². The standard InChI is InChI=1S/C13H18N2OS/c16-9-13-7-12(10-17-13)15-6-2-5-14-4-1-3-11(14)8-15/h7,9-11H,1-6,8H2. The first-order chi connectivity index (χ1) is 8.36. The van der Waals surface area contributed by atoms with Crippen molar-refractivity contribution in [3.05, 3.63) is 16.3 Å². The molecule has 0 aliphatic carbocycles. The first kappa shape index (κ1) is 11.2. The zero-order valence-electron chi connectivity index (χ0n) is 9.97. The van der Waals surface area contributed by atoms with E-state index in [0.717, 1.165) is 30.3 Å². The molecule has 2 aliphatic heterocycles. The second kappa shape index (κ2) is 4.78. The first-order valence-electron chi connectivity index (χ1n) is 6.39. The van der Waals surface area contributed by atoms with Crippen LogP contribution in [-0.4, -0.2) is 43.4 Å². The summed E-state index contributed by atoms with van der Waals surface area (Å²) in [6.07, 6.45) is 4.87. The highest BCUT2D eigenvalue weighted by atomic mass is 32.1. The van der Waals surface area contributed by atoms with E-state index >= 15 is 0 Å². The van der Waals surface area contributed by atoms with E-state index in [9.17, 15) is 4.79 Å². The van der Waals surface area contributed by atoms with Gasteiger partial charge in [-0.05, 0) is 31.9 Å². The SMILES string of the molecule is O=Cc1cc(N2CCCN3CCCC3C2)cs1. The van der Waals surface area contributed by atoms with Crippen LogP contribution in [0.1, 0.15) is 28.9 Å². The molecule has 0 radical (unpaired) electrons. The average molecular weight is 250 g/mol. The fourth-order valence-electron chi connectivity index (χ4n) is 3.01. The second-order valence-electron chi connectivity index (χ2n) is 4.96. The molecule has 2 saturated heterocycles. The van der Waals surface area contributed by atoms with E-state index in [1.165, 1.54) is 38.0 Å². The third-order valence-corrected chi connectivity index (χ3v) is 4.74. The van der Waals surface area contributed by atoms with Crippen LogP contribution in [0.2, 0.25) is 0 Å². The molecule has 3 nitrogen and oxygen atoms in total. The lowest BCUT2D eigenvalue weighted by Crippen LogP contribution is -2.36. The van der Waals surface area contributed by atoms with Crippen molar-refractivity contribution in [1.82, 2.24) is 4.90 Å². The molecule has 2 fully saturated rings. The summed E-state index contributed by atoms with van der Waals surface area (Å²) >= 11 is 1.55. The molecule has 1 atom stereocenters. The highest BCUT2D eigenvalue weighted by Crippen LogP contribution is 2.27. The Morgan fingerprint density at radius 1 is 1.29 bits per heavy atom. The molecular formula is C13H18N2OS. The predicted molar refractivity (Wildman–Crippen MR) is 71.1 cm³/mol. The van der Waals surface area contributed by atoms with Gasteiger partial charge in [0.15, 0.2) is 6.29 Å². The lowest BCUT2D eigenvalue weighted by Gasteiger charge is -2.26. The van der Waals surface area contributed by atoms with Gasteiger partial charge >= 0.3 is 0 Å². The molecule has 3 rings (SSSR count). The average Bonchev–Trinajstić information content (AvgIpc) is 2.94. The van der Waals surface area contributed by atoms with Crippen LogP contribution < -0.4 is 4.90 Å². The summed E-state index contributed by atoms with van der Waals surface area (Å²) in [5.74, 6) is 0. The fourth-order valence-corrected chi connectivity index (χ4v) is 3.73. The van der Waals surface area contributed by atoms with Crippen molar-refractivity contribution in [2.75, 3.05) is 31.1 Å². The molecule has 0 N–H and O–H groups in total. The van der Waals surface area contributed by atoms with E-state index in [1.54, 1.807) is 11.3 Å². The van der Waals surface area contributed by atoms with Crippen molar-refractivity contribution in [1.29, 1.82) is 0 Å². The number of nitrogens with zero attached hydrogens (tertiary/aromatic N) is 2. The fraction of sp³-hybridized carbons (Fsp3) is 0.615. The van der Waals surface area contributed by atoms with E-state index in [1.807, 2.05) is 6.07 Å². The van der Waals surface area contributed by atoms with Crippen molar-refractivity contribution in [2.24, 2.45) is 0 Å². The molecule has 17 heavy (non-hydrogen) atoms. The van der Waals surface area contributed by atoms with Gasteiger partial charge in [-0.25, -0.2) is 0 Å². The Labute approximate surface area is 106 Å². The molecular weight excluding hydrogens is 232 g/mol. The Morgan fingerprint density at radius 2 is 2.18 bits per heavy atom. The highest BCUT2D eigenvalue weighted by Gasteiger charge is 2.28. The van der Waals surface area contributed by atoms with Gasteiger partial charge in [0, 0.05) is 36.7 Å². The molecule has 0 amide bonds. The van der Waals surface area contributed by atoms with Gasteiger partial charge in [-0.3, -0.25) is 9.69 Å². The zero-order valence-corrected chi connectivity index (χ0v) is 10.8. The minimum Gasteiger partial charge on any atom is -0.369 e. The molecule has 3 heterocycles. The van der Waals surface area contributed by atoms with Crippen molar-refractivity contribution >= 4 is 23.3 Å². The summed E-state index contributed by atoms with van der Waals surface area (Å²) in [5.41, 5.74) is 1.24. The van der Waals surface area contributed by atoms with Crippen LogP contribution in [0.3, 0.4) is 0 Å². The Bertz CT molecular complexity index is 404. The number of anilines is 1. The number of hydrogen-bond acceptors (Lipinski definition) is 4. The second-order valence-corrected chi connectivity index (χ2v) is 5.90. The number of carbonyl (C=O) groups is 1. The largest absolute Gasteiger partial charge is 0.369 e. The van der Waals surface area contributed by atoms with E-state index in [2.05, 4.69) is 15.2 Å². The number of thiophene rings is 1. The topological polar surface area (TPSA) is 23.6 Å². The Balaban J connectivity index is 1.76. The van der Waals surface area contributed by atoms with Crippen molar-refractivity contribution in [3.8, 4) is 0 Å². The van der Waals surface area contributed by atoms with Crippen molar-refractivity contribution in [2.45, 2.75) is 25.3 Å². The maximum absolute atomic E-state index is 10.7. The summed E-state index contributed by atoms with van der Waals surface area (Å²) in [6.45, 7) is 4.78. The Morgan fingerprint density at radius 3 is 3.00 bits per heavy atom. The van der Waals surface area contributed by atoms with E-state index in [-0.39, 0.29) is 0 Å². The molecule has 1 aromatic heterocycles. The molecule has 1 aromatic rings. The molecule has 0 saturated carbocycles. The quantitative estimate of drug-likeness (QED) is 0.752. The van der Waals surface area contributed by atoms with Gasteiger partial charge in [0.1, 0.15) is 0 Å². The van der Waals surface area contributed by atoms with Gasteiger partial charge in [0.2, 0.25) is 0 Å². The van der Waals surface area contributed by atoms with Crippen molar-refractivity contribution in [3.63, 3.8) is 0 Å². The predicted octanol–water partition coefficient (Wildman–Crippen LogP) is 2.24. The van der Waals surface area contributed by atoms with Gasteiger partial charge in [0.25, 0.3) is 0 Å². The van der Waals surface area contributed by atoms with Crippen LogP contribution in [0.5, 0.6) is 0 Å². The van der Waals surface area contributed by atoms with E-state index in [4.69, 9.17) is 0 Å². The van der Waals surface area contributed by atoms with Gasteiger partial charge in [-0.15, -0.1) is 11.3 Å².